The fraction of sp³-hybridized carbons (Fsp3) is 0.727. The van der Waals surface area contributed by atoms with Gasteiger partial charge in [0, 0.05) is 52.1 Å². The summed E-state index contributed by atoms with van der Waals surface area (Å²) in [6, 6.07) is 5.02. The number of hydrogen-bond acceptors (Lipinski definition) is 14. The number of carboxylic acids is 2. The number of ether oxygens (including phenoxy) is 4. The number of hydrogen-bond donors (Lipinski definition) is 6. The van der Waals surface area contributed by atoms with Crippen LogP contribution >= 0.6 is 0 Å². The first kappa shape index (κ1) is 58.0. The van der Waals surface area contributed by atoms with Crippen molar-refractivity contribution in [3.05, 3.63) is 35.4 Å². The Morgan fingerprint density at radius 1 is 0.317 bits per heavy atom. The summed E-state index contributed by atoms with van der Waals surface area (Å²) < 4.78 is 20.4. The third-order valence-corrected chi connectivity index (χ3v) is 8.66. The third-order valence-electron chi connectivity index (χ3n) is 8.66. The summed E-state index contributed by atoms with van der Waals surface area (Å²) in [6.07, 6.45) is 18.1. The molecule has 16 nitrogen and oxygen atoms in total. The van der Waals surface area contributed by atoms with E-state index < -0.39 is 11.9 Å². The molecule has 6 N–H and O–H groups in total. The lowest BCUT2D eigenvalue weighted by molar-refractivity contribution is -0.146. The van der Waals surface area contributed by atoms with Crippen molar-refractivity contribution < 1.29 is 78.4 Å². The molecule has 0 fully saturated rings. The number of aliphatic hydroxyl groups excluding tert-OH is 4. The smallest absolute Gasteiger partial charge is 0.335 e. The van der Waals surface area contributed by atoms with E-state index in [2.05, 4.69) is 0 Å². The molecule has 0 aliphatic rings. The Bertz CT molecular complexity index is 1070. The minimum Gasteiger partial charge on any atom is -0.478 e. The average Bonchev–Trinajstić information content (AvgIpc) is 3.23. The van der Waals surface area contributed by atoms with Crippen LogP contribution in [-0.4, -0.2) is 119 Å². The van der Waals surface area contributed by atoms with Gasteiger partial charge < -0.3 is 49.6 Å². The van der Waals surface area contributed by atoms with Gasteiger partial charge in [0.05, 0.1) is 37.6 Å². The molecule has 0 aliphatic carbocycles. The Kier molecular flexibility index (Phi) is 42.9. The van der Waals surface area contributed by atoms with E-state index in [4.69, 9.17) is 49.6 Å². The van der Waals surface area contributed by atoms with Crippen molar-refractivity contribution in [3.63, 3.8) is 0 Å². The van der Waals surface area contributed by atoms with Crippen LogP contribution in [0.2, 0.25) is 0 Å². The first-order valence-electron chi connectivity index (χ1n) is 21.6. The Morgan fingerprint density at radius 2 is 0.517 bits per heavy atom. The van der Waals surface area contributed by atoms with Gasteiger partial charge in [-0.3, -0.25) is 19.2 Å². The Morgan fingerprint density at radius 3 is 0.700 bits per heavy atom. The van der Waals surface area contributed by atoms with Gasteiger partial charge in [0.15, 0.2) is 0 Å². The van der Waals surface area contributed by atoms with E-state index in [1.165, 1.54) is 24.3 Å². The van der Waals surface area contributed by atoms with Gasteiger partial charge in [-0.15, -0.1) is 0 Å². The summed E-state index contributed by atoms with van der Waals surface area (Å²) in [4.78, 5) is 66.6. The topological polar surface area (TPSA) is 261 Å². The van der Waals surface area contributed by atoms with Crippen molar-refractivity contribution >= 4 is 35.8 Å². The van der Waals surface area contributed by atoms with Crippen molar-refractivity contribution in [1.29, 1.82) is 0 Å². The molecule has 0 amide bonds. The summed E-state index contributed by atoms with van der Waals surface area (Å²) in [5.41, 5.74) is 0.167. The second kappa shape index (κ2) is 44.4. The Hall–Kier alpha value is -4.12. The molecular formula is C44H74O16. The molecule has 1 aromatic rings. The number of carboxylic acid groups (broad SMARTS) is 2. The van der Waals surface area contributed by atoms with Crippen molar-refractivity contribution in [2.24, 2.45) is 0 Å². The molecule has 346 valence electrons. The third kappa shape index (κ3) is 42.0. The maximum atomic E-state index is 11.5. The molecule has 1 aromatic carbocycles. The Labute approximate surface area is 355 Å². The quantitative estimate of drug-likeness (QED) is 0.0237. The molecule has 0 atom stereocenters. The van der Waals surface area contributed by atoms with Gasteiger partial charge in [0.2, 0.25) is 0 Å². The first-order chi connectivity index (χ1) is 29.0. The van der Waals surface area contributed by atoms with E-state index in [1.807, 2.05) is 0 Å². The molecule has 0 spiro atoms. The molecular weight excluding hydrogens is 784 g/mol. The molecule has 0 heterocycles. The fourth-order valence-corrected chi connectivity index (χ4v) is 5.14. The number of rotatable bonds is 36. The summed E-state index contributed by atoms with van der Waals surface area (Å²) in [7, 11) is 0. The van der Waals surface area contributed by atoms with Crippen LogP contribution in [0.5, 0.6) is 0 Å². The van der Waals surface area contributed by atoms with E-state index in [0.29, 0.717) is 77.8 Å². The molecule has 16 heteroatoms. The van der Waals surface area contributed by atoms with Gasteiger partial charge in [-0.05, 0) is 127 Å². The van der Waals surface area contributed by atoms with Gasteiger partial charge >= 0.3 is 35.8 Å². The normalized spacial score (nSPS) is 10.3. The molecule has 0 aromatic heterocycles. The molecule has 1 rings (SSSR count). The number of aromatic carboxylic acids is 2. The minimum absolute atomic E-state index is 0.0833. The number of carbonyl (C=O) groups excluding carboxylic acids is 4. The standard InChI is InChI=1S/2C18H34O6.C8H6O4/c2*19-13-7-1-3-9-15-23-17(21)11-5-6-12-18(22)24-16-10-4-2-8-14-20;9-7(10)5-1-2-6(4-3-5)8(11)12/h2*19-20H,1-16H2;1-4H,(H,9,10)(H,11,12). The number of benzene rings is 1. The van der Waals surface area contributed by atoms with Gasteiger partial charge in [-0.1, -0.05) is 25.7 Å². The zero-order valence-electron chi connectivity index (χ0n) is 35.7. The fourth-order valence-electron chi connectivity index (χ4n) is 5.14. The highest BCUT2D eigenvalue weighted by Crippen LogP contribution is 2.08. The van der Waals surface area contributed by atoms with Crippen LogP contribution in [-0.2, 0) is 38.1 Å². The van der Waals surface area contributed by atoms with E-state index in [-0.39, 0.29) is 61.4 Å². The molecule has 0 radical (unpaired) electrons. The first-order valence-corrected chi connectivity index (χ1v) is 21.6. The van der Waals surface area contributed by atoms with E-state index in [9.17, 15) is 28.8 Å². The number of esters is 4. The summed E-state index contributed by atoms with van der Waals surface area (Å²) in [5, 5.41) is 51.5. The maximum Gasteiger partial charge on any atom is 0.335 e. The van der Waals surface area contributed by atoms with Crippen LogP contribution in [0.3, 0.4) is 0 Å². The molecule has 0 unspecified atom stereocenters. The molecule has 0 aliphatic heterocycles. The highest BCUT2D eigenvalue weighted by atomic mass is 16.5. The van der Waals surface area contributed by atoms with Gasteiger partial charge in [-0.2, -0.15) is 0 Å². The largest absolute Gasteiger partial charge is 0.478 e. The second-order valence-corrected chi connectivity index (χ2v) is 14.0. The van der Waals surface area contributed by atoms with Crippen molar-refractivity contribution in [2.45, 2.75) is 154 Å². The summed E-state index contributed by atoms with van der Waals surface area (Å²) >= 11 is 0. The highest BCUT2D eigenvalue weighted by molar-refractivity contribution is 5.91. The zero-order valence-corrected chi connectivity index (χ0v) is 35.7. The highest BCUT2D eigenvalue weighted by Gasteiger charge is 2.08. The van der Waals surface area contributed by atoms with Gasteiger partial charge in [0.1, 0.15) is 0 Å². The van der Waals surface area contributed by atoms with Crippen LogP contribution in [0, 0.1) is 0 Å². The summed E-state index contributed by atoms with van der Waals surface area (Å²) in [6.45, 7) is 2.59. The number of aliphatic hydroxyl groups is 4. The molecule has 60 heavy (non-hydrogen) atoms. The van der Waals surface area contributed by atoms with Gasteiger partial charge in [-0.25, -0.2) is 9.59 Å². The van der Waals surface area contributed by atoms with E-state index >= 15 is 0 Å². The molecule has 0 bridgehead atoms. The van der Waals surface area contributed by atoms with Crippen LogP contribution in [0.15, 0.2) is 24.3 Å². The SMILES string of the molecule is O=C(CCCCC(=O)OCCCCCCO)OCCCCCCO.O=C(CCCCC(=O)OCCCCCCO)OCCCCCCO.O=C(O)c1ccc(C(=O)O)cc1. The summed E-state index contributed by atoms with van der Waals surface area (Å²) in [5.74, 6) is -2.98. The molecule has 0 saturated carbocycles. The lowest BCUT2D eigenvalue weighted by Gasteiger charge is -2.06. The second-order valence-electron chi connectivity index (χ2n) is 14.0. The minimum atomic E-state index is -1.06. The lowest BCUT2D eigenvalue weighted by Crippen LogP contribution is -2.08. The predicted molar refractivity (Wildman–Crippen MR) is 223 cm³/mol. The van der Waals surface area contributed by atoms with E-state index in [1.54, 1.807) is 0 Å². The van der Waals surface area contributed by atoms with E-state index in [0.717, 1.165) is 103 Å². The van der Waals surface area contributed by atoms with Crippen molar-refractivity contribution in [1.82, 2.24) is 0 Å². The van der Waals surface area contributed by atoms with Crippen LogP contribution < -0.4 is 0 Å². The van der Waals surface area contributed by atoms with Crippen LogP contribution in [0.1, 0.15) is 175 Å². The monoisotopic (exact) mass is 858 g/mol. The van der Waals surface area contributed by atoms with Crippen LogP contribution in [0.25, 0.3) is 0 Å². The zero-order chi connectivity index (χ0) is 44.9. The average molecular weight is 859 g/mol. The number of unbranched alkanes of at least 4 members (excludes halogenated alkanes) is 14. The maximum absolute atomic E-state index is 11.5. The lowest BCUT2D eigenvalue weighted by atomic mass is 10.1. The van der Waals surface area contributed by atoms with Crippen molar-refractivity contribution in [3.8, 4) is 0 Å². The van der Waals surface area contributed by atoms with Gasteiger partial charge in [0.25, 0.3) is 0 Å². The van der Waals surface area contributed by atoms with Crippen LogP contribution in [0.4, 0.5) is 0 Å². The predicted octanol–water partition coefficient (Wildman–Crippen LogP) is 6.56. The molecule has 0 saturated heterocycles. The number of carbonyl (C=O) groups is 6. The Balaban J connectivity index is 0. The van der Waals surface area contributed by atoms with Crippen molar-refractivity contribution in [2.75, 3.05) is 52.9 Å².